The van der Waals surface area contributed by atoms with Crippen LogP contribution in [-0.2, 0) is 5.41 Å². The van der Waals surface area contributed by atoms with Gasteiger partial charge in [-0.05, 0) is 92.2 Å². The molecule has 10 rings (SSSR count). The summed E-state index contributed by atoms with van der Waals surface area (Å²) in [6.07, 6.45) is 0. The molecule has 8 aromatic carbocycles. The first-order valence-corrected chi connectivity index (χ1v) is 18.5. The molecule has 0 atom stereocenters. The summed E-state index contributed by atoms with van der Waals surface area (Å²) in [6.45, 7) is 4.72. The zero-order valence-electron chi connectivity index (χ0n) is 28.6. The molecule has 0 aliphatic heterocycles. The quantitative estimate of drug-likeness (QED) is 0.176. The monoisotopic (exact) mass is 669 g/mol. The lowest BCUT2D eigenvalue weighted by Crippen LogP contribution is -2.16. The summed E-state index contributed by atoms with van der Waals surface area (Å²) in [5, 5.41) is 5.13. The molecule has 0 unspecified atom stereocenters. The molecule has 0 N–H and O–H groups in total. The van der Waals surface area contributed by atoms with Gasteiger partial charge in [-0.2, -0.15) is 0 Å². The second kappa shape index (κ2) is 11.6. The van der Waals surface area contributed by atoms with E-state index >= 15 is 0 Å². The van der Waals surface area contributed by atoms with E-state index in [-0.39, 0.29) is 5.41 Å². The Balaban J connectivity index is 1.11. The van der Waals surface area contributed by atoms with Gasteiger partial charge in [-0.15, -0.1) is 11.3 Å². The van der Waals surface area contributed by atoms with Gasteiger partial charge >= 0.3 is 0 Å². The normalized spacial score (nSPS) is 13.1. The highest BCUT2D eigenvalue weighted by molar-refractivity contribution is 7.26. The van der Waals surface area contributed by atoms with Crippen LogP contribution in [0.5, 0.6) is 0 Å². The Hall–Kier alpha value is -5.96. The molecule has 242 valence electrons. The minimum absolute atomic E-state index is 0.0858. The summed E-state index contributed by atoms with van der Waals surface area (Å²) in [7, 11) is 0. The van der Waals surface area contributed by atoms with Gasteiger partial charge in [-0.3, -0.25) is 0 Å². The molecule has 0 bridgehead atoms. The van der Waals surface area contributed by atoms with Crippen LogP contribution in [0.15, 0.2) is 176 Å². The molecule has 2 heteroatoms. The van der Waals surface area contributed by atoms with Gasteiger partial charge in [0.15, 0.2) is 0 Å². The number of nitrogens with zero attached hydrogens (tertiary/aromatic N) is 1. The van der Waals surface area contributed by atoms with Crippen molar-refractivity contribution in [3.63, 3.8) is 0 Å². The summed E-state index contributed by atoms with van der Waals surface area (Å²) in [5.74, 6) is 0. The van der Waals surface area contributed by atoms with Crippen molar-refractivity contribution >= 4 is 59.3 Å². The van der Waals surface area contributed by atoms with E-state index in [0.29, 0.717) is 0 Å². The minimum Gasteiger partial charge on any atom is -0.309 e. The van der Waals surface area contributed by atoms with Crippen molar-refractivity contribution in [3.05, 3.63) is 187 Å². The Morgan fingerprint density at radius 3 is 1.86 bits per heavy atom. The SMILES string of the molecule is CC1(C)c2ccccc2-c2c(N(c3ccc(-c4ccc(-c5ccc6ccccc6c5)cc4)cc3)c3cccc4sc5ccccc5c34)cccc21. The van der Waals surface area contributed by atoms with E-state index in [4.69, 9.17) is 0 Å². The fraction of sp³-hybridized carbons (Fsp3) is 0.0612. The van der Waals surface area contributed by atoms with E-state index in [9.17, 15) is 0 Å². The van der Waals surface area contributed by atoms with E-state index in [1.807, 2.05) is 11.3 Å². The lowest BCUT2D eigenvalue weighted by molar-refractivity contribution is 0.660. The van der Waals surface area contributed by atoms with Gasteiger partial charge in [-0.25, -0.2) is 0 Å². The third-order valence-electron chi connectivity index (χ3n) is 10.9. The minimum atomic E-state index is -0.0858. The van der Waals surface area contributed by atoms with Crippen LogP contribution in [0.4, 0.5) is 17.1 Å². The molecule has 1 nitrogen and oxygen atoms in total. The van der Waals surface area contributed by atoms with Gasteiger partial charge in [0.1, 0.15) is 0 Å². The van der Waals surface area contributed by atoms with Gasteiger partial charge in [0.2, 0.25) is 0 Å². The molecule has 0 amide bonds. The van der Waals surface area contributed by atoms with Crippen LogP contribution in [0.1, 0.15) is 25.0 Å². The Kier molecular flexibility index (Phi) is 6.78. The molecule has 1 aliphatic rings. The van der Waals surface area contributed by atoms with Crippen LogP contribution in [0.2, 0.25) is 0 Å². The van der Waals surface area contributed by atoms with Crippen molar-refractivity contribution in [3.8, 4) is 33.4 Å². The standard InChI is InChI=1S/C49H35NS/c1-49(2)41-15-7-5-13-39(41)47-42(49)16-9-17-43(47)50(44-18-10-20-46-48(44)40-14-6-8-19-45(40)51-46)38-29-27-34(28-30-38)33-21-23-35(24-22-33)37-26-25-32-11-3-4-12-36(32)31-37/h3-31H,1-2H3. The highest BCUT2D eigenvalue weighted by Gasteiger charge is 2.37. The van der Waals surface area contributed by atoms with Crippen LogP contribution < -0.4 is 4.90 Å². The molecule has 0 fully saturated rings. The zero-order chi connectivity index (χ0) is 34.1. The summed E-state index contributed by atoms with van der Waals surface area (Å²) < 4.78 is 2.61. The smallest absolute Gasteiger partial charge is 0.0555 e. The number of anilines is 3. The largest absolute Gasteiger partial charge is 0.309 e. The maximum absolute atomic E-state index is 2.51. The van der Waals surface area contributed by atoms with E-state index < -0.39 is 0 Å². The number of rotatable bonds is 5. The number of fused-ring (bicyclic) bond motifs is 7. The van der Waals surface area contributed by atoms with Gasteiger partial charge in [0.25, 0.3) is 0 Å². The Morgan fingerprint density at radius 1 is 0.451 bits per heavy atom. The summed E-state index contributed by atoms with van der Waals surface area (Å²) >= 11 is 1.87. The highest BCUT2D eigenvalue weighted by atomic mass is 32.1. The molecular formula is C49H35NS. The molecule has 0 spiro atoms. The first-order valence-electron chi connectivity index (χ1n) is 17.7. The average Bonchev–Trinajstić information content (AvgIpc) is 3.68. The molecule has 0 saturated heterocycles. The predicted molar refractivity (Wildman–Crippen MR) is 220 cm³/mol. The van der Waals surface area contributed by atoms with Crippen LogP contribution in [0.3, 0.4) is 0 Å². The van der Waals surface area contributed by atoms with Crippen LogP contribution in [0, 0.1) is 0 Å². The maximum atomic E-state index is 2.51. The number of hydrogen-bond acceptors (Lipinski definition) is 2. The molecule has 1 aliphatic carbocycles. The lowest BCUT2D eigenvalue weighted by Gasteiger charge is -2.29. The Labute approximate surface area is 302 Å². The van der Waals surface area contributed by atoms with E-state index in [1.165, 1.54) is 86.8 Å². The first kappa shape index (κ1) is 29.9. The summed E-state index contributed by atoms with van der Waals surface area (Å²) in [5.41, 5.74) is 13.7. The molecule has 1 aromatic heterocycles. The van der Waals surface area contributed by atoms with E-state index in [0.717, 1.165) is 5.69 Å². The summed E-state index contributed by atoms with van der Waals surface area (Å²) in [4.78, 5) is 2.51. The van der Waals surface area contributed by atoms with E-state index in [1.54, 1.807) is 0 Å². The van der Waals surface area contributed by atoms with Crippen molar-refractivity contribution in [2.45, 2.75) is 19.3 Å². The third kappa shape index (κ3) is 4.75. The second-order valence-electron chi connectivity index (χ2n) is 14.1. The van der Waals surface area contributed by atoms with E-state index in [2.05, 4.69) is 195 Å². The van der Waals surface area contributed by atoms with Crippen LogP contribution >= 0.6 is 11.3 Å². The van der Waals surface area contributed by atoms with Crippen molar-refractivity contribution in [1.82, 2.24) is 0 Å². The number of benzene rings is 8. The molecule has 1 heterocycles. The molecule has 0 radical (unpaired) electrons. The van der Waals surface area contributed by atoms with Crippen molar-refractivity contribution in [1.29, 1.82) is 0 Å². The fourth-order valence-electron chi connectivity index (χ4n) is 8.30. The number of hydrogen-bond donors (Lipinski definition) is 0. The fourth-order valence-corrected chi connectivity index (χ4v) is 9.43. The van der Waals surface area contributed by atoms with Gasteiger partial charge < -0.3 is 4.90 Å². The predicted octanol–water partition coefficient (Wildman–Crippen LogP) is 14.3. The second-order valence-corrected chi connectivity index (χ2v) is 15.2. The molecule has 9 aromatic rings. The Bertz CT molecular complexity index is 2770. The van der Waals surface area contributed by atoms with Crippen LogP contribution in [0.25, 0.3) is 64.3 Å². The molecule has 51 heavy (non-hydrogen) atoms. The highest BCUT2D eigenvalue weighted by Crippen LogP contribution is 2.55. The van der Waals surface area contributed by atoms with Gasteiger partial charge in [0, 0.05) is 36.8 Å². The van der Waals surface area contributed by atoms with Crippen LogP contribution in [-0.4, -0.2) is 0 Å². The van der Waals surface area contributed by atoms with Crippen molar-refractivity contribution in [2.24, 2.45) is 0 Å². The van der Waals surface area contributed by atoms with Crippen molar-refractivity contribution < 1.29 is 0 Å². The lowest BCUT2D eigenvalue weighted by atomic mass is 9.82. The van der Waals surface area contributed by atoms with Gasteiger partial charge in [0.05, 0.1) is 11.4 Å². The first-order chi connectivity index (χ1) is 25.0. The van der Waals surface area contributed by atoms with Gasteiger partial charge in [-0.1, -0.05) is 147 Å². The molecule has 0 saturated carbocycles. The zero-order valence-corrected chi connectivity index (χ0v) is 29.4. The Morgan fingerprint density at radius 2 is 1.04 bits per heavy atom. The molecular weight excluding hydrogens is 635 g/mol. The summed E-state index contributed by atoms with van der Waals surface area (Å²) in [6, 6.07) is 64.8. The topological polar surface area (TPSA) is 3.24 Å². The number of thiophene rings is 1. The van der Waals surface area contributed by atoms with Crippen molar-refractivity contribution in [2.75, 3.05) is 4.90 Å². The maximum Gasteiger partial charge on any atom is 0.0555 e. The third-order valence-corrected chi connectivity index (χ3v) is 12.0. The average molecular weight is 670 g/mol.